The first kappa shape index (κ1) is 16.5. The molecule has 0 bridgehead atoms. The predicted octanol–water partition coefficient (Wildman–Crippen LogP) is 4.37. The predicted molar refractivity (Wildman–Crippen MR) is 96.9 cm³/mol. The fourth-order valence-corrected chi connectivity index (χ4v) is 3.07. The Hall–Kier alpha value is -2.33. The van der Waals surface area contributed by atoms with E-state index >= 15 is 0 Å². The minimum absolute atomic E-state index is 0.160. The first-order valence-electron chi connectivity index (χ1n) is 8.58. The smallest absolute Gasteiger partial charge is 0.255 e. The van der Waals surface area contributed by atoms with Gasteiger partial charge in [0.25, 0.3) is 5.91 Å². The Morgan fingerprint density at radius 1 is 1.08 bits per heavy atom. The minimum Gasteiger partial charge on any atom is -0.399 e. The Kier molecular flexibility index (Phi) is 5.49. The Labute approximate surface area is 143 Å². The molecule has 0 heterocycles. The van der Waals surface area contributed by atoms with Crippen LogP contribution in [0, 0.1) is 0 Å². The lowest BCUT2D eigenvalue weighted by molar-refractivity contribution is 0.0169. The molecule has 1 aliphatic rings. The molecule has 0 aliphatic heterocycles. The number of ether oxygens (including phenoxy) is 1. The molecule has 1 fully saturated rings. The number of carbonyl (C=O) groups is 1. The molecular formula is C20H24N2O2. The SMILES string of the molecule is Nc1cccc(C(=O)Nc2cccc(COC3CCCCC3)c2)c1. The highest BCUT2D eigenvalue weighted by Gasteiger charge is 2.13. The van der Waals surface area contributed by atoms with Crippen molar-refractivity contribution in [2.75, 3.05) is 11.1 Å². The van der Waals surface area contributed by atoms with Crippen molar-refractivity contribution in [2.24, 2.45) is 0 Å². The zero-order valence-electron chi connectivity index (χ0n) is 13.8. The maximum Gasteiger partial charge on any atom is 0.255 e. The number of nitrogens with one attached hydrogen (secondary N) is 1. The van der Waals surface area contributed by atoms with Crippen LogP contribution in [0.1, 0.15) is 48.0 Å². The molecule has 126 valence electrons. The second-order valence-electron chi connectivity index (χ2n) is 6.35. The highest BCUT2D eigenvalue weighted by molar-refractivity contribution is 6.04. The fourth-order valence-electron chi connectivity index (χ4n) is 3.07. The molecule has 0 spiro atoms. The topological polar surface area (TPSA) is 64.4 Å². The second-order valence-corrected chi connectivity index (χ2v) is 6.35. The third kappa shape index (κ3) is 4.59. The largest absolute Gasteiger partial charge is 0.399 e. The van der Waals surface area contributed by atoms with Gasteiger partial charge in [-0.1, -0.05) is 37.5 Å². The van der Waals surface area contributed by atoms with Gasteiger partial charge in [0.2, 0.25) is 0 Å². The van der Waals surface area contributed by atoms with Crippen molar-refractivity contribution in [1.82, 2.24) is 0 Å². The molecule has 24 heavy (non-hydrogen) atoms. The lowest BCUT2D eigenvalue weighted by Gasteiger charge is -2.22. The minimum atomic E-state index is -0.160. The van der Waals surface area contributed by atoms with Gasteiger partial charge in [-0.25, -0.2) is 0 Å². The summed E-state index contributed by atoms with van der Waals surface area (Å²) < 4.78 is 6.00. The van der Waals surface area contributed by atoms with Gasteiger partial charge in [-0.2, -0.15) is 0 Å². The van der Waals surface area contributed by atoms with Gasteiger partial charge in [0.05, 0.1) is 12.7 Å². The molecule has 1 saturated carbocycles. The van der Waals surface area contributed by atoms with Crippen molar-refractivity contribution in [2.45, 2.75) is 44.8 Å². The van der Waals surface area contributed by atoms with E-state index in [1.807, 2.05) is 24.3 Å². The molecule has 3 rings (SSSR count). The van der Waals surface area contributed by atoms with Crippen molar-refractivity contribution >= 4 is 17.3 Å². The van der Waals surface area contributed by atoms with E-state index in [0.29, 0.717) is 24.0 Å². The van der Waals surface area contributed by atoms with Crippen LogP contribution < -0.4 is 11.1 Å². The molecular weight excluding hydrogens is 300 g/mol. The Balaban J connectivity index is 1.59. The summed E-state index contributed by atoms with van der Waals surface area (Å²) in [6, 6.07) is 14.8. The van der Waals surface area contributed by atoms with Gasteiger partial charge in [-0.15, -0.1) is 0 Å². The number of hydrogen-bond acceptors (Lipinski definition) is 3. The second kappa shape index (κ2) is 7.97. The number of nitrogens with two attached hydrogens (primary N) is 1. The Morgan fingerprint density at radius 3 is 2.67 bits per heavy atom. The zero-order chi connectivity index (χ0) is 16.8. The maximum absolute atomic E-state index is 12.3. The molecule has 4 heteroatoms. The van der Waals surface area contributed by atoms with Crippen molar-refractivity contribution < 1.29 is 9.53 Å². The van der Waals surface area contributed by atoms with Crippen LogP contribution in [-0.4, -0.2) is 12.0 Å². The molecule has 0 radical (unpaired) electrons. The third-order valence-corrected chi connectivity index (χ3v) is 4.37. The van der Waals surface area contributed by atoms with Crippen molar-refractivity contribution in [3.05, 3.63) is 59.7 Å². The van der Waals surface area contributed by atoms with Crippen LogP contribution in [0.4, 0.5) is 11.4 Å². The maximum atomic E-state index is 12.3. The number of nitrogen functional groups attached to an aromatic ring is 1. The van der Waals surface area contributed by atoms with Crippen LogP contribution in [0.25, 0.3) is 0 Å². The molecule has 3 N–H and O–H groups in total. The molecule has 1 aliphatic carbocycles. The molecule has 0 unspecified atom stereocenters. The summed E-state index contributed by atoms with van der Waals surface area (Å²) >= 11 is 0. The van der Waals surface area contributed by atoms with Gasteiger partial charge in [-0.3, -0.25) is 4.79 Å². The molecule has 2 aromatic rings. The molecule has 2 aromatic carbocycles. The van der Waals surface area contributed by atoms with E-state index in [4.69, 9.17) is 10.5 Å². The van der Waals surface area contributed by atoms with Gasteiger partial charge < -0.3 is 15.8 Å². The quantitative estimate of drug-likeness (QED) is 0.803. The van der Waals surface area contributed by atoms with Crippen LogP contribution in [0.15, 0.2) is 48.5 Å². The average molecular weight is 324 g/mol. The third-order valence-electron chi connectivity index (χ3n) is 4.37. The standard InChI is InChI=1S/C20H24N2O2/c21-17-8-5-7-16(13-17)20(23)22-18-9-4-6-15(12-18)14-24-19-10-2-1-3-11-19/h4-9,12-13,19H,1-3,10-11,14,21H2,(H,22,23). The Morgan fingerprint density at radius 2 is 1.88 bits per heavy atom. The summed E-state index contributed by atoms with van der Waals surface area (Å²) in [5.41, 5.74) is 8.71. The number of anilines is 2. The van der Waals surface area contributed by atoms with Crippen molar-refractivity contribution in [3.63, 3.8) is 0 Å². The van der Waals surface area contributed by atoms with E-state index in [1.54, 1.807) is 24.3 Å². The fraction of sp³-hybridized carbons (Fsp3) is 0.350. The number of benzene rings is 2. The summed E-state index contributed by atoms with van der Waals surface area (Å²) in [5.74, 6) is -0.160. The number of hydrogen-bond donors (Lipinski definition) is 2. The van der Waals surface area contributed by atoms with Crippen molar-refractivity contribution in [3.8, 4) is 0 Å². The van der Waals surface area contributed by atoms with Crippen LogP contribution in [0.2, 0.25) is 0 Å². The lowest BCUT2D eigenvalue weighted by atomic mass is 9.98. The number of carbonyl (C=O) groups excluding carboxylic acids is 1. The van der Waals surface area contributed by atoms with Gasteiger partial charge in [0.15, 0.2) is 0 Å². The molecule has 1 amide bonds. The van der Waals surface area contributed by atoms with Crippen LogP contribution in [-0.2, 0) is 11.3 Å². The number of rotatable bonds is 5. The monoisotopic (exact) mass is 324 g/mol. The normalized spacial score (nSPS) is 15.2. The van der Waals surface area contributed by atoms with Crippen molar-refractivity contribution in [1.29, 1.82) is 0 Å². The van der Waals surface area contributed by atoms with E-state index < -0.39 is 0 Å². The van der Waals surface area contributed by atoms with Crippen LogP contribution in [0.3, 0.4) is 0 Å². The molecule has 0 atom stereocenters. The highest BCUT2D eigenvalue weighted by atomic mass is 16.5. The van der Waals surface area contributed by atoms with Gasteiger partial charge in [-0.05, 0) is 48.7 Å². The van der Waals surface area contributed by atoms with Gasteiger partial charge in [0, 0.05) is 16.9 Å². The summed E-state index contributed by atoms with van der Waals surface area (Å²) in [5, 5.41) is 2.91. The first-order chi connectivity index (χ1) is 11.7. The van der Waals surface area contributed by atoms with Crippen LogP contribution >= 0.6 is 0 Å². The Bertz CT molecular complexity index is 694. The zero-order valence-corrected chi connectivity index (χ0v) is 13.8. The average Bonchev–Trinajstić information content (AvgIpc) is 2.61. The van der Waals surface area contributed by atoms with E-state index in [2.05, 4.69) is 5.32 Å². The van der Waals surface area contributed by atoms with Gasteiger partial charge in [0.1, 0.15) is 0 Å². The summed E-state index contributed by atoms with van der Waals surface area (Å²) in [7, 11) is 0. The first-order valence-corrected chi connectivity index (χ1v) is 8.58. The van der Waals surface area contributed by atoms with E-state index in [-0.39, 0.29) is 5.91 Å². The van der Waals surface area contributed by atoms with Gasteiger partial charge >= 0.3 is 0 Å². The number of amides is 1. The summed E-state index contributed by atoms with van der Waals surface area (Å²) in [6.07, 6.45) is 6.55. The van der Waals surface area contributed by atoms with E-state index in [1.165, 1.54) is 19.3 Å². The molecule has 0 saturated heterocycles. The van der Waals surface area contributed by atoms with E-state index in [9.17, 15) is 4.79 Å². The highest BCUT2D eigenvalue weighted by Crippen LogP contribution is 2.22. The van der Waals surface area contributed by atoms with E-state index in [0.717, 1.165) is 24.1 Å². The summed E-state index contributed by atoms with van der Waals surface area (Å²) in [6.45, 7) is 0.590. The molecule has 4 nitrogen and oxygen atoms in total. The van der Waals surface area contributed by atoms with Crippen LogP contribution in [0.5, 0.6) is 0 Å². The molecule has 0 aromatic heterocycles. The lowest BCUT2D eigenvalue weighted by Crippen LogP contribution is -2.16. The summed E-state index contributed by atoms with van der Waals surface area (Å²) in [4.78, 5) is 12.3.